The lowest BCUT2D eigenvalue weighted by Crippen LogP contribution is -2.14. The molecule has 0 bridgehead atoms. The molecule has 0 radical (unpaired) electrons. The van der Waals surface area contributed by atoms with E-state index in [1.165, 1.54) is 18.2 Å². The van der Waals surface area contributed by atoms with Gasteiger partial charge in [0.15, 0.2) is 0 Å². The summed E-state index contributed by atoms with van der Waals surface area (Å²) < 4.78 is 39.8. The van der Waals surface area contributed by atoms with E-state index in [1.54, 1.807) is 0 Å². The van der Waals surface area contributed by atoms with Crippen LogP contribution in [-0.4, -0.2) is 19.5 Å². The van der Waals surface area contributed by atoms with E-state index in [9.17, 15) is 17.6 Å². The van der Waals surface area contributed by atoms with Gasteiger partial charge in [0, 0.05) is 0 Å². The monoisotopic (exact) mass is 329 g/mol. The first-order valence-electron chi connectivity index (χ1n) is 5.61. The van der Waals surface area contributed by atoms with Gasteiger partial charge in [-0.3, -0.25) is 4.72 Å². The summed E-state index contributed by atoms with van der Waals surface area (Å²) >= 11 is 5.67. The van der Waals surface area contributed by atoms with Crippen molar-refractivity contribution < 1.29 is 22.7 Å². The van der Waals surface area contributed by atoms with Crippen LogP contribution < -0.4 is 4.72 Å². The number of sulfonamides is 1. The first-order valence-corrected chi connectivity index (χ1v) is 7.47. The minimum absolute atomic E-state index is 0.0904. The fourth-order valence-corrected chi connectivity index (χ4v) is 2.87. The number of carboxylic acid groups (broad SMARTS) is 1. The number of rotatable bonds is 4. The van der Waals surface area contributed by atoms with Crippen molar-refractivity contribution in [3.63, 3.8) is 0 Å². The molecule has 2 aromatic rings. The summed E-state index contributed by atoms with van der Waals surface area (Å²) in [6.07, 6.45) is 0. The predicted octanol–water partition coefficient (Wildman–Crippen LogP) is 2.98. The van der Waals surface area contributed by atoms with Crippen LogP contribution in [0.5, 0.6) is 0 Å². The van der Waals surface area contributed by atoms with Gasteiger partial charge in [0.25, 0.3) is 10.0 Å². The van der Waals surface area contributed by atoms with E-state index in [0.29, 0.717) is 0 Å². The summed E-state index contributed by atoms with van der Waals surface area (Å²) in [7, 11) is -4.12. The van der Waals surface area contributed by atoms with Gasteiger partial charge in [-0.05, 0) is 30.3 Å². The Morgan fingerprint density at radius 1 is 1.19 bits per heavy atom. The number of aromatic carboxylic acids is 1. The topological polar surface area (TPSA) is 83.5 Å². The van der Waals surface area contributed by atoms with Crippen LogP contribution in [0.4, 0.5) is 10.1 Å². The van der Waals surface area contributed by atoms with E-state index < -0.39 is 21.8 Å². The van der Waals surface area contributed by atoms with Crippen LogP contribution >= 0.6 is 11.6 Å². The van der Waals surface area contributed by atoms with Crippen molar-refractivity contribution in [2.24, 2.45) is 0 Å². The molecule has 0 unspecified atom stereocenters. The summed E-state index contributed by atoms with van der Waals surface area (Å²) in [5, 5.41) is 8.84. The minimum Gasteiger partial charge on any atom is -0.478 e. The SMILES string of the molecule is O=C(O)c1cc(S(=O)(=O)Nc2ccccc2F)ccc1Cl. The Morgan fingerprint density at radius 2 is 1.86 bits per heavy atom. The maximum absolute atomic E-state index is 13.5. The van der Waals surface area contributed by atoms with Crippen molar-refractivity contribution >= 4 is 33.3 Å². The molecule has 0 aliphatic carbocycles. The third-order valence-electron chi connectivity index (χ3n) is 2.60. The van der Waals surface area contributed by atoms with Crippen LogP contribution in [0.25, 0.3) is 0 Å². The number of hydrogen-bond donors (Lipinski definition) is 2. The van der Waals surface area contributed by atoms with Gasteiger partial charge in [-0.1, -0.05) is 23.7 Å². The first-order chi connectivity index (χ1) is 9.81. The number of hydrogen-bond acceptors (Lipinski definition) is 3. The molecule has 0 atom stereocenters. The maximum atomic E-state index is 13.5. The Kier molecular flexibility index (Phi) is 4.15. The largest absolute Gasteiger partial charge is 0.478 e. The number of nitrogens with one attached hydrogen (secondary N) is 1. The van der Waals surface area contributed by atoms with Gasteiger partial charge in [0.2, 0.25) is 0 Å². The molecule has 0 fully saturated rings. The lowest BCUT2D eigenvalue weighted by molar-refractivity contribution is 0.0697. The Morgan fingerprint density at radius 3 is 2.48 bits per heavy atom. The summed E-state index contributed by atoms with van der Waals surface area (Å²) in [5.74, 6) is -2.10. The number of carboxylic acids is 1. The van der Waals surface area contributed by atoms with E-state index >= 15 is 0 Å². The molecule has 0 saturated heterocycles. The lowest BCUT2D eigenvalue weighted by atomic mass is 10.2. The molecule has 0 heterocycles. The molecule has 2 rings (SSSR count). The molecule has 0 aliphatic rings. The highest BCUT2D eigenvalue weighted by Crippen LogP contribution is 2.23. The number of carbonyl (C=O) groups is 1. The number of halogens is 2. The average Bonchev–Trinajstić information content (AvgIpc) is 2.41. The average molecular weight is 330 g/mol. The van der Waals surface area contributed by atoms with Crippen molar-refractivity contribution in [1.29, 1.82) is 0 Å². The second kappa shape index (κ2) is 5.71. The first kappa shape index (κ1) is 15.3. The zero-order chi connectivity index (χ0) is 15.6. The van der Waals surface area contributed by atoms with Gasteiger partial charge in [-0.2, -0.15) is 0 Å². The Hall–Kier alpha value is -2.12. The van der Waals surface area contributed by atoms with Crippen LogP contribution in [0.15, 0.2) is 47.4 Å². The van der Waals surface area contributed by atoms with Gasteiger partial charge in [-0.15, -0.1) is 0 Å². The quantitative estimate of drug-likeness (QED) is 0.903. The molecule has 0 spiro atoms. The molecule has 0 saturated carbocycles. The summed E-state index contributed by atoms with van der Waals surface area (Å²) in [4.78, 5) is 10.6. The smallest absolute Gasteiger partial charge is 0.337 e. The van der Waals surface area contributed by atoms with Crippen molar-refractivity contribution in [3.05, 3.63) is 58.9 Å². The molecule has 0 aromatic heterocycles. The molecule has 0 amide bonds. The summed E-state index contributed by atoms with van der Waals surface area (Å²) in [5.41, 5.74) is -0.586. The highest BCUT2D eigenvalue weighted by atomic mass is 35.5. The van der Waals surface area contributed by atoms with Gasteiger partial charge in [-0.25, -0.2) is 17.6 Å². The Labute approximate surface area is 125 Å². The van der Waals surface area contributed by atoms with Crippen molar-refractivity contribution in [1.82, 2.24) is 0 Å². The summed E-state index contributed by atoms with van der Waals surface area (Å²) in [6.45, 7) is 0. The molecule has 21 heavy (non-hydrogen) atoms. The predicted molar refractivity (Wildman–Crippen MR) is 75.6 cm³/mol. The van der Waals surface area contributed by atoms with E-state index in [4.69, 9.17) is 16.7 Å². The van der Waals surface area contributed by atoms with E-state index in [2.05, 4.69) is 0 Å². The van der Waals surface area contributed by atoms with Crippen LogP contribution in [0.2, 0.25) is 5.02 Å². The zero-order valence-corrected chi connectivity index (χ0v) is 12.0. The molecular weight excluding hydrogens is 321 g/mol. The van der Waals surface area contributed by atoms with Crippen LogP contribution in [-0.2, 0) is 10.0 Å². The van der Waals surface area contributed by atoms with Gasteiger partial charge in [0.05, 0.1) is 21.2 Å². The summed E-state index contributed by atoms with van der Waals surface area (Å²) in [6, 6.07) is 8.43. The number of para-hydroxylation sites is 1. The van der Waals surface area contributed by atoms with E-state index in [0.717, 1.165) is 24.3 Å². The molecule has 2 N–H and O–H groups in total. The fourth-order valence-electron chi connectivity index (χ4n) is 1.58. The third-order valence-corrected chi connectivity index (χ3v) is 4.29. The normalized spacial score (nSPS) is 11.1. The van der Waals surface area contributed by atoms with E-state index in [1.807, 2.05) is 4.72 Å². The Balaban J connectivity index is 2.43. The second-order valence-electron chi connectivity index (χ2n) is 4.03. The maximum Gasteiger partial charge on any atom is 0.337 e. The molecule has 5 nitrogen and oxygen atoms in total. The lowest BCUT2D eigenvalue weighted by Gasteiger charge is -2.09. The Bertz CT molecular complexity index is 808. The number of benzene rings is 2. The van der Waals surface area contributed by atoms with Crippen LogP contribution in [0.3, 0.4) is 0 Å². The molecule has 2 aromatic carbocycles. The van der Waals surface area contributed by atoms with Gasteiger partial charge in [0.1, 0.15) is 5.82 Å². The molecular formula is C13H9ClFNO4S. The van der Waals surface area contributed by atoms with Crippen molar-refractivity contribution in [2.75, 3.05) is 4.72 Å². The standard InChI is InChI=1S/C13H9ClFNO4S/c14-10-6-5-8(7-9(10)13(17)18)21(19,20)16-12-4-2-1-3-11(12)15/h1-7,16H,(H,17,18). The fraction of sp³-hybridized carbons (Fsp3) is 0. The van der Waals surface area contributed by atoms with Crippen molar-refractivity contribution in [3.8, 4) is 0 Å². The molecule has 110 valence electrons. The zero-order valence-electron chi connectivity index (χ0n) is 10.4. The minimum atomic E-state index is -4.12. The van der Waals surface area contributed by atoms with E-state index in [-0.39, 0.29) is 21.2 Å². The third kappa shape index (κ3) is 3.32. The molecule has 0 aliphatic heterocycles. The highest BCUT2D eigenvalue weighted by Gasteiger charge is 2.19. The molecule has 8 heteroatoms. The van der Waals surface area contributed by atoms with Crippen LogP contribution in [0, 0.1) is 5.82 Å². The highest BCUT2D eigenvalue weighted by molar-refractivity contribution is 7.92. The second-order valence-corrected chi connectivity index (χ2v) is 6.12. The van der Waals surface area contributed by atoms with Gasteiger partial charge >= 0.3 is 5.97 Å². The van der Waals surface area contributed by atoms with Crippen LogP contribution in [0.1, 0.15) is 10.4 Å². The van der Waals surface area contributed by atoms with Gasteiger partial charge < -0.3 is 5.11 Å². The number of anilines is 1. The van der Waals surface area contributed by atoms with Crippen molar-refractivity contribution in [2.45, 2.75) is 4.90 Å².